The van der Waals surface area contributed by atoms with Gasteiger partial charge in [0.05, 0.1) is 11.9 Å². The first kappa shape index (κ1) is 30.8. The van der Waals surface area contributed by atoms with Gasteiger partial charge in [-0.1, -0.05) is 54.1 Å². The van der Waals surface area contributed by atoms with Crippen molar-refractivity contribution in [2.45, 2.75) is 83.0 Å². The number of halogens is 1. The summed E-state index contributed by atoms with van der Waals surface area (Å²) in [7, 11) is 0. The van der Waals surface area contributed by atoms with Crippen molar-refractivity contribution >= 4 is 41.3 Å². The van der Waals surface area contributed by atoms with Gasteiger partial charge in [0.15, 0.2) is 6.10 Å². The van der Waals surface area contributed by atoms with Crippen LogP contribution < -0.4 is 10.6 Å². The van der Waals surface area contributed by atoms with Crippen LogP contribution in [0.1, 0.15) is 51.3 Å². The Kier molecular flexibility index (Phi) is 9.96. The predicted molar refractivity (Wildman–Crippen MR) is 155 cm³/mol. The van der Waals surface area contributed by atoms with E-state index in [2.05, 4.69) is 10.6 Å². The summed E-state index contributed by atoms with van der Waals surface area (Å²) >= 11 is 7.78. The van der Waals surface area contributed by atoms with Gasteiger partial charge in [0, 0.05) is 16.3 Å². The Hall–Kier alpha value is -2.75. The summed E-state index contributed by atoms with van der Waals surface area (Å²) in [5.74, 6) is -0.764. The number of nitrogens with one attached hydrogen (secondary N) is 2. The number of hydrogen-bond acceptors (Lipinski definition) is 6. The zero-order valence-electron chi connectivity index (χ0n) is 23.3. The molecule has 0 spiro atoms. The zero-order valence-corrected chi connectivity index (χ0v) is 24.9. The molecule has 8 nitrogen and oxygen atoms in total. The average molecular weight is 576 g/mol. The summed E-state index contributed by atoms with van der Waals surface area (Å²) < 4.78 is 4.77. The lowest BCUT2D eigenvalue weighted by atomic mass is 9.97. The van der Waals surface area contributed by atoms with Crippen molar-refractivity contribution in [3.63, 3.8) is 0 Å². The highest BCUT2D eigenvalue weighted by atomic mass is 35.5. The third-order valence-electron chi connectivity index (χ3n) is 6.50. The van der Waals surface area contributed by atoms with Crippen LogP contribution in [-0.2, 0) is 27.3 Å². The maximum atomic E-state index is 13.7. The minimum atomic E-state index is -1.60. The number of ether oxygens (including phenoxy) is 1. The van der Waals surface area contributed by atoms with Crippen molar-refractivity contribution in [2.24, 2.45) is 0 Å². The zero-order chi connectivity index (χ0) is 29.0. The van der Waals surface area contributed by atoms with Gasteiger partial charge >= 0.3 is 6.09 Å². The van der Waals surface area contributed by atoms with Gasteiger partial charge in [0.25, 0.3) is 5.91 Å². The second-order valence-electron chi connectivity index (χ2n) is 11.2. The SMILES string of the molecule is Cc1cccc(Cl)c1CNC(=O)[C@H]1N(C(=O)[C@@H](O)[C@H](Cc2ccccc2)NC(=O)OC(C)(C)C)CSC1(C)C. The van der Waals surface area contributed by atoms with E-state index in [-0.39, 0.29) is 24.7 Å². The molecule has 3 atom stereocenters. The topological polar surface area (TPSA) is 108 Å². The molecular weight excluding hydrogens is 538 g/mol. The highest BCUT2D eigenvalue weighted by molar-refractivity contribution is 8.00. The van der Waals surface area contributed by atoms with Crippen molar-refractivity contribution in [1.29, 1.82) is 0 Å². The number of thioether (sulfide) groups is 1. The fourth-order valence-corrected chi connectivity index (χ4v) is 5.91. The molecule has 3 amide bonds. The van der Waals surface area contributed by atoms with E-state index in [9.17, 15) is 19.5 Å². The second-order valence-corrected chi connectivity index (χ2v) is 13.2. The number of rotatable bonds is 8. The van der Waals surface area contributed by atoms with Crippen LogP contribution >= 0.6 is 23.4 Å². The van der Waals surface area contributed by atoms with Crippen LogP contribution in [0, 0.1) is 6.92 Å². The molecule has 3 rings (SSSR count). The molecule has 212 valence electrons. The molecule has 0 bridgehead atoms. The fourth-order valence-electron chi connectivity index (χ4n) is 4.49. The molecule has 2 aromatic carbocycles. The lowest BCUT2D eigenvalue weighted by Crippen LogP contribution is -2.58. The highest BCUT2D eigenvalue weighted by Gasteiger charge is 2.49. The van der Waals surface area contributed by atoms with Crippen molar-refractivity contribution < 1.29 is 24.2 Å². The molecule has 0 aliphatic carbocycles. The molecule has 2 aromatic rings. The molecule has 0 aromatic heterocycles. The number of alkyl carbamates (subject to hydrolysis) is 1. The van der Waals surface area contributed by atoms with E-state index < -0.39 is 40.5 Å². The normalized spacial score (nSPS) is 18.3. The summed E-state index contributed by atoms with van der Waals surface area (Å²) in [4.78, 5) is 41.2. The highest BCUT2D eigenvalue weighted by Crippen LogP contribution is 2.40. The van der Waals surface area contributed by atoms with Gasteiger partial charge in [-0.15, -0.1) is 11.8 Å². The number of hydrogen-bond donors (Lipinski definition) is 3. The van der Waals surface area contributed by atoms with E-state index in [1.807, 2.05) is 63.2 Å². The van der Waals surface area contributed by atoms with Crippen molar-refractivity contribution in [3.05, 3.63) is 70.2 Å². The third kappa shape index (κ3) is 8.13. The number of carbonyl (C=O) groups is 3. The lowest BCUT2D eigenvalue weighted by molar-refractivity contribution is -0.147. The Morgan fingerprint density at radius 3 is 2.44 bits per heavy atom. The maximum Gasteiger partial charge on any atom is 0.407 e. The summed E-state index contributed by atoms with van der Waals surface area (Å²) in [5, 5.41) is 17.4. The van der Waals surface area contributed by atoms with E-state index in [0.717, 1.165) is 16.7 Å². The van der Waals surface area contributed by atoms with Gasteiger partial charge in [-0.05, 0) is 70.7 Å². The summed E-state index contributed by atoms with van der Waals surface area (Å²) in [6.07, 6.45) is -2.15. The van der Waals surface area contributed by atoms with Gasteiger partial charge in [-0.2, -0.15) is 0 Å². The smallest absolute Gasteiger partial charge is 0.407 e. The van der Waals surface area contributed by atoms with Crippen LogP contribution in [0.25, 0.3) is 0 Å². The Morgan fingerprint density at radius 2 is 1.82 bits per heavy atom. The number of aryl methyl sites for hydroxylation is 1. The standard InChI is InChI=1S/C29H38ClN3O5S/c1-18-11-10-14-21(30)20(18)16-31-25(35)24-29(5,6)39-17-33(24)26(36)23(34)22(15-19-12-8-7-9-13-19)32-27(37)38-28(2,3)4/h7-14,22-24,34H,15-17H2,1-6H3,(H,31,35)(H,32,37)/t22-,23-,24+/m0/s1. The number of aliphatic hydroxyl groups excluding tert-OH is 1. The largest absolute Gasteiger partial charge is 0.444 e. The van der Waals surface area contributed by atoms with E-state index in [0.29, 0.717) is 5.02 Å². The van der Waals surface area contributed by atoms with E-state index in [1.54, 1.807) is 26.8 Å². The molecule has 1 aliphatic rings. The summed E-state index contributed by atoms with van der Waals surface area (Å²) in [6, 6.07) is 13.0. The predicted octanol–water partition coefficient (Wildman–Crippen LogP) is 4.44. The Bertz CT molecular complexity index is 1160. The van der Waals surface area contributed by atoms with Crippen molar-refractivity contribution in [3.8, 4) is 0 Å². The second kappa shape index (κ2) is 12.6. The minimum absolute atomic E-state index is 0.194. The van der Waals surface area contributed by atoms with Gasteiger partial charge in [-0.25, -0.2) is 4.79 Å². The third-order valence-corrected chi connectivity index (χ3v) is 8.23. The molecule has 1 saturated heterocycles. The van der Waals surface area contributed by atoms with Crippen LogP contribution in [0.2, 0.25) is 5.02 Å². The molecule has 10 heteroatoms. The van der Waals surface area contributed by atoms with E-state index in [1.165, 1.54) is 16.7 Å². The van der Waals surface area contributed by atoms with Gasteiger partial charge in [0.2, 0.25) is 5.91 Å². The van der Waals surface area contributed by atoms with Crippen molar-refractivity contribution in [1.82, 2.24) is 15.5 Å². The first-order valence-electron chi connectivity index (χ1n) is 12.9. The molecule has 1 aliphatic heterocycles. The van der Waals surface area contributed by atoms with Crippen LogP contribution in [0.15, 0.2) is 48.5 Å². The molecule has 1 fully saturated rings. The number of benzene rings is 2. The number of carbonyl (C=O) groups excluding carboxylic acids is 3. The monoisotopic (exact) mass is 575 g/mol. The first-order valence-corrected chi connectivity index (χ1v) is 14.2. The van der Waals surface area contributed by atoms with Crippen LogP contribution in [0.5, 0.6) is 0 Å². The molecule has 0 saturated carbocycles. The lowest BCUT2D eigenvalue weighted by Gasteiger charge is -2.33. The number of amides is 3. The van der Waals surface area contributed by atoms with Crippen molar-refractivity contribution in [2.75, 3.05) is 5.88 Å². The molecule has 1 heterocycles. The average Bonchev–Trinajstić information content (AvgIpc) is 3.16. The van der Waals surface area contributed by atoms with Crippen LogP contribution in [-0.4, -0.2) is 62.3 Å². The molecular formula is C29H38ClN3O5S. The molecule has 3 N–H and O–H groups in total. The summed E-state index contributed by atoms with van der Waals surface area (Å²) in [6.45, 7) is 11.1. The molecule has 39 heavy (non-hydrogen) atoms. The summed E-state index contributed by atoms with van der Waals surface area (Å²) in [5.41, 5.74) is 1.82. The maximum absolute atomic E-state index is 13.7. The minimum Gasteiger partial charge on any atom is -0.444 e. The Balaban J connectivity index is 1.80. The number of aliphatic hydroxyl groups is 1. The van der Waals surface area contributed by atoms with Crippen LogP contribution in [0.4, 0.5) is 4.79 Å². The van der Waals surface area contributed by atoms with E-state index >= 15 is 0 Å². The van der Waals surface area contributed by atoms with Gasteiger partial charge in [0.1, 0.15) is 11.6 Å². The first-order chi connectivity index (χ1) is 18.2. The Labute approximate surface area is 239 Å². The van der Waals surface area contributed by atoms with E-state index in [4.69, 9.17) is 16.3 Å². The van der Waals surface area contributed by atoms with Gasteiger partial charge in [-0.3, -0.25) is 9.59 Å². The quantitative estimate of drug-likeness (QED) is 0.429. The van der Waals surface area contributed by atoms with Crippen LogP contribution in [0.3, 0.4) is 0 Å². The Morgan fingerprint density at radius 1 is 1.15 bits per heavy atom. The molecule has 0 unspecified atom stereocenters. The fraction of sp³-hybridized carbons (Fsp3) is 0.483. The molecule has 0 radical (unpaired) electrons. The number of nitrogens with zero attached hydrogens (tertiary/aromatic N) is 1. The van der Waals surface area contributed by atoms with Gasteiger partial charge < -0.3 is 25.4 Å².